The van der Waals surface area contributed by atoms with Gasteiger partial charge in [0.25, 0.3) is 0 Å². The summed E-state index contributed by atoms with van der Waals surface area (Å²) in [4.78, 5) is 0. The molecule has 0 rings (SSSR count). The van der Waals surface area contributed by atoms with Crippen LogP contribution in [0.4, 0.5) is 0 Å². The van der Waals surface area contributed by atoms with E-state index in [0.717, 1.165) is 0 Å². The quantitative estimate of drug-likeness (QED) is 0.647. The molecular formula is C9H17Br. The smallest absolute Gasteiger partial charge is 0.00866 e. The molecule has 0 unspecified atom stereocenters. The maximum atomic E-state index is 3.54. The predicted octanol–water partition coefficient (Wildman–Crippen LogP) is 4.11. The molecular weight excluding hydrogens is 188 g/mol. The van der Waals surface area contributed by atoms with Crippen molar-refractivity contribution in [2.45, 2.75) is 40.0 Å². The number of allylic oxidation sites excluding steroid dienone is 2. The van der Waals surface area contributed by atoms with Gasteiger partial charge in [0.2, 0.25) is 0 Å². The van der Waals surface area contributed by atoms with Gasteiger partial charge in [-0.3, -0.25) is 0 Å². The van der Waals surface area contributed by atoms with Gasteiger partial charge < -0.3 is 0 Å². The lowest BCUT2D eigenvalue weighted by molar-refractivity contribution is 0.783. The highest BCUT2D eigenvalue weighted by atomic mass is 79.9. The monoisotopic (exact) mass is 204 g/mol. The molecule has 0 fully saturated rings. The fraction of sp³-hybridized carbons (Fsp3) is 0.778. The van der Waals surface area contributed by atoms with Crippen LogP contribution in [0.1, 0.15) is 40.0 Å². The van der Waals surface area contributed by atoms with E-state index in [2.05, 4.69) is 42.8 Å². The van der Waals surface area contributed by atoms with Crippen LogP contribution >= 0.6 is 15.9 Å². The van der Waals surface area contributed by atoms with Crippen LogP contribution in [0.15, 0.2) is 10.6 Å². The molecule has 0 atom stereocenters. The molecule has 1 heteroatoms. The summed E-state index contributed by atoms with van der Waals surface area (Å²) in [5.74, 6) is 0.672. The fourth-order valence-corrected chi connectivity index (χ4v) is 1.60. The average Bonchev–Trinajstić information content (AvgIpc) is 1.82. The van der Waals surface area contributed by atoms with E-state index in [-0.39, 0.29) is 0 Å². The predicted molar refractivity (Wildman–Crippen MR) is 51.4 cm³/mol. The first kappa shape index (κ1) is 10.2. The number of rotatable bonds is 4. The number of halogens is 1. The highest BCUT2D eigenvalue weighted by Crippen LogP contribution is 2.16. The van der Waals surface area contributed by atoms with Crippen molar-refractivity contribution < 1.29 is 0 Å². The van der Waals surface area contributed by atoms with Crippen LogP contribution in [0.2, 0.25) is 0 Å². The minimum atomic E-state index is 0.672. The largest absolute Gasteiger partial charge is 0.0718 e. The molecule has 0 saturated heterocycles. The molecule has 0 N–H and O–H groups in total. The van der Waals surface area contributed by atoms with E-state index in [1.807, 2.05) is 0 Å². The highest BCUT2D eigenvalue weighted by molar-refractivity contribution is 9.11. The Morgan fingerprint density at radius 3 is 2.50 bits per heavy atom. The third-order valence-electron chi connectivity index (χ3n) is 1.28. The number of unbranched alkanes of at least 4 members (excludes halogenated alkanes) is 1. The van der Waals surface area contributed by atoms with E-state index in [1.54, 1.807) is 0 Å². The van der Waals surface area contributed by atoms with Crippen molar-refractivity contribution in [2.75, 3.05) is 0 Å². The molecule has 0 aliphatic rings. The van der Waals surface area contributed by atoms with E-state index in [4.69, 9.17) is 0 Å². The van der Waals surface area contributed by atoms with Crippen molar-refractivity contribution in [1.82, 2.24) is 0 Å². The Morgan fingerprint density at radius 2 is 2.10 bits per heavy atom. The summed E-state index contributed by atoms with van der Waals surface area (Å²) in [6.45, 7) is 6.62. The zero-order chi connectivity index (χ0) is 7.98. The Bertz CT molecular complexity index is 103. The first-order valence-electron chi connectivity index (χ1n) is 4.03. The van der Waals surface area contributed by atoms with Crippen LogP contribution < -0.4 is 0 Å². The van der Waals surface area contributed by atoms with E-state index in [1.165, 1.54) is 23.7 Å². The molecule has 60 valence electrons. The first-order chi connectivity index (χ1) is 4.66. The van der Waals surface area contributed by atoms with Gasteiger partial charge in [-0.1, -0.05) is 49.2 Å². The highest BCUT2D eigenvalue weighted by Gasteiger charge is 1.92. The average molecular weight is 205 g/mol. The Hall–Kier alpha value is 0.220. The summed E-state index contributed by atoms with van der Waals surface area (Å²) in [6, 6.07) is 0. The molecule has 0 aliphatic carbocycles. The fourth-order valence-electron chi connectivity index (χ4n) is 0.791. The molecule has 0 aromatic heterocycles. The summed E-state index contributed by atoms with van der Waals surface area (Å²) in [5, 5.41) is 0. The zero-order valence-electron chi connectivity index (χ0n) is 7.15. The molecule has 0 amide bonds. The molecule has 0 aromatic rings. The minimum Gasteiger partial charge on any atom is -0.0718 e. The first-order valence-corrected chi connectivity index (χ1v) is 4.82. The van der Waals surface area contributed by atoms with Crippen LogP contribution in [-0.2, 0) is 0 Å². The van der Waals surface area contributed by atoms with Gasteiger partial charge in [-0.05, 0) is 23.2 Å². The maximum absolute atomic E-state index is 3.54. The standard InChI is InChI=1S/C9H17Br/c1-4-5-6-9(10)7-8(2)3/h7-8H,4-6H2,1-3H3/b9-7-. The van der Waals surface area contributed by atoms with Crippen LogP contribution in [-0.4, -0.2) is 0 Å². The maximum Gasteiger partial charge on any atom is -0.00866 e. The molecule has 0 bridgehead atoms. The van der Waals surface area contributed by atoms with Gasteiger partial charge >= 0.3 is 0 Å². The van der Waals surface area contributed by atoms with E-state index in [0.29, 0.717) is 5.92 Å². The third-order valence-corrected chi connectivity index (χ3v) is 1.94. The van der Waals surface area contributed by atoms with Crippen LogP contribution in [0.5, 0.6) is 0 Å². The van der Waals surface area contributed by atoms with Crippen molar-refractivity contribution in [3.63, 3.8) is 0 Å². The second kappa shape index (κ2) is 5.96. The minimum absolute atomic E-state index is 0.672. The van der Waals surface area contributed by atoms with Gasteiger partial charge in [0.15, 0.2) is 0 Å². The van der Waals surface area contributed by atoms with E-state index < -0.39 is 0 Å². The van der Waals surface area contributed by atoms with Crippen LogP contribution in [0, 0.1) is 5.92 Å². The van der Waals surface area contributed by atoms with Gasteiger partial charge in [-0.25, -0.2) is 0 Å². The molecule has 0 aliphatic heterocycles. The van der Waals surface area contributed by atoms with E-state index in [9.17, 15) is 0 Å². The lowest BCUT2D eigenvalue weighted by Crippen LogP contribution is -1.81. The molecule has 0 heterocycles. The van der Waals surface area contributed by atoms with Gasteiger partial charge in [-0.2, -0.15) is 0 Å². The summed E-state index contributed by atoms with van der Waals surface area (Å²) in [5.41, 5.74) is 0. The second-order valence-corrected chi connectivity index (χ2v) is 3.98. The molecule has 10 heavy (non-hydrogen) atoms. The van der Waals surface area contributed by atoms with Crippen molar-refractivity contribution in [3.8, 4) is 0 Å². The lowest BCUT2D eigenvalue weighted by atomic mass is 10.1. The van der Waals surface area contributed by atoms with Crippen molar-refractivity contribution in [2.24, 2.45) is 5.92 Å². The number of hydrogen-bond donors (Lipinski definition) is 0. The second-order valence-electron chi connectivity index (χ2n) is 2.96. The topological polar surface area (TPSA) is 0 Å². The molecule has 0 radical (unpaired) electrons. The molecule has 0 spiro atoms. The summed E-state index contributed by atoms with van der Waals surface area (Å²) in [7, 11) is 0. The Kier molecular flexibility index (Phi) is 6.10. The third kappa shape index (κ3) is 6.34. The van der Waals surface area contributed by atoms with Gasteiger partial charge in [0, 0.05) is 0 Å². The lowest BCUT2D eigenvalue weighted by Gasteiger charge is -1.99. The summed E-state index contributed by atoms with van der Waals surface area (Å²) in [6.07, 6.45) is 6.05. The van der Waals surface area contributed by atoms with Gasteiger partial charge in [0.1, 0.15) is 0 Å². The SMILES string of the molecule is CCCC/C(Br)=C/C(C)C. The molecule has 0 nitrogen and oxygen atoms in total. The van der Waals surface area contributed by atoms with Crippen LogP contribution in [0.25, 0.3) is 0 Å². The normalized spacial score (nSPS) is 12.7. The Morgan fingerprint density at radius 1 is 1.50 bits per heavy atom. The molecule has 0 aromatic carbocycles. The van der Waals surface area contributed by atoms with Crippen LogP contribution in [0.3, 0.4) is 0 Å². The van der Waals surface area contributed by atoms with E-state index >= 15 is 0 Å². The van der Waals surface area contributed by atoms with Crippen molar-refractivity contribution >= 4 is 15.9 Å². The number of hydrogen-bond acceptors (Lipinski definition) is 0. The van der Waals surface area contributed by atoms with Crippen molar-refractivity contribution in [1.29, 1.82) is 0 Å². The van der Waals surface area contributed by atoms with Gasteiger partial charge in [0.05, 0.1) is 0 Å². The summed E-state index contributed by atoms with van der Waals surface area (Å²) < 4.78 is 1.37. The molecule has 0 saturated carbocycles. The van der Waals surface area contributed by atoms with Crippen molar-refractivity contribution in [3.05, 3.63) is 10.6 Å². The zero-order valence-corrected chi connectivity index (χ0v) is 8.74. The van der Waals surface area contributed by atoms with Gasteiger partial charge in [-0.15, -0.1) is 0 Å². The summed E-state index contributed by atoms with van der Waals surface area (Å²) >= 11 is 3.54. The Balaban J connectivity index is 3.49. The Labute approximate surface area is 72.8 Å².